The maximum Gasteiger partial charge on any atom is 0.267 e. The van der Waals surface area contributed by atoms with Crippen molar-refractivity contribution in [1.29, 1.82) is 0 Å². The number of thiocarbonyl (C=S) groups is 1. The van der Waals surface area contributed by atoms with Crippen LogP contribution in [0.5, 0.6) is 5.75 Å². The molecule has 9 nitrogen and oxygen atoms in total. The van der Waals surface area contributed by atoms with Crippen LogP contribution in [0.2, 0.25) is 0 Å². The van der Waals surface area contributed by atoms with Gasteiger partial charge in [-0.3, -0.25) is 18.9 Å². The van der Waals surface area contributed by atoms with Crippen molar-refractivity contribution < 1.29 is 19.4 Å². The van der Waals surface area contributed by atoms with Crippen LogP contribution in [0, 0.1) is 0 Å². The zero-order valence-electron chi connectivity index (χ0n) is 19.0. The highest BCUT2D eigenvalue weighted by atomic mass is 32.2. The predicted octanol–water partition coefficient (Wildman–Crippen LogP) is 2.53. The number of nitrogens with zero attached hydrogens (tertiary/aromatic N) is 3. The molecule has 0 atom stereocenters. The Kier molecular flexibility index (Phi) is 8.13. The summed E-state index contributed by atoms with van der Waals surface area (Å²) in [6, 6.07) is 12.7. The summed E-state index contributed by atoms with van der Waals surface area (Å²) in [5, 5.41) is 12.0. The largest absolute Gasteiger partial charge is 0.497 e. The third-order valence-corrected chi connectivity index (χ3v) is 6.57. The number of carbonyl (C=O) groups excluding carboxylic acids is 1. The first-order valence-corrected chi connectivity index (χ1v) is 12.1. The summed E-state index contributed by atoms with van der Waals surface area (Å²) in [6.07, 6.45) is 3.17. The zero-order chi connectivity index (χ0) is 24.8. The smallest absolute Gasteiger partial charge is 0.267 e. The summed E-state index contributed by atoms with van der Waals surface area (Å²) < 4.78 is 12.3. The van der Waals surface area contributed by atoms with Crippen LogP contribution in [0.1, 0.15) is 11.1 Å². The number of methoxy groups -OCH3 is 1. The minimum atomic E-state index is -0.310. The summed E-state index contributed by atoms with van der Waals surface area (Å²) in [7, 11) is 1.59. The zero-order valence-corrected chi connectivity index (χ0v) is 20.6. The number of rotatable bonds is 10. The number of benzene rings is 1. The van der Waals surface area contributed by atoms with Crippen molar-refractivity contribution in [3.8, 4) is 5.75 Å². The summed E-state index contributed by atoms with van der Waals surface area (Å²) in [6.45, 7) is 1.15. The van der Waals surface area contributed by atoms with Crippen molar-refractivity contribution in [2.45, 2.75) is 6.54 Å². The Bertz CT molecular complexity index is 1320. The van der Waals surface area contributed by atoms with Gasteiger partial charge in [0.15, 0.2) is 0 Å². The number of fused-ring (bicyclic) bond motifs is 1. The van der Waals surface area contributed by atoms with Gasteiger partial charge in [0, 0.05) is 12.7 Å². The van der Waals surface area contributed by atoms with Crippen LogP contribution in [0.4, 0.5) is 5.82 Å². The predicted molar refractivity (Wildman–Crippen MR) is 140 cm³/mol. The van der Waals surface area contributed by atoms with E-state index < -0.39 is 0 Å². The first-order chi connectivity index (χ1) is 17.0. The highest BCUT2D eigenvalue weighted by Crippen LogP contribution is 2.34. The van der Waals surface area contributed by atoms with Gasteiger partial charge in [0.05, 0.1) is 43.9 Å². The van der Waals surface area contributed by atoms with E-state index in [4.69, 9.17) is 26.8 Å². The molecule has 1 saturated heterocycles. The van der Waals surface area contributed by atoms with Gasteiger partial charge in [-0.15, -0.1) is 0 Å². The molecule has 35 heavy (non-hydrogen) atoms. The molecular formula is C24H24N4O5S2. The Morgan fingerprint density at radius 2 is 1.97 bits per heavy atom. The topological polar surface area (TPSA) is 105 Å². The minimum Gasteiger partial charge on any atom is -0.497 e. The van der Waals surface area contributed by atoms with Crippen LogP contribution in [-0.2, 0) is 16.1 Å². The van der Waals surface area contributed by atoms with E-state index in [-0.39, 0.29) is 30.2 Å². The second kappa shape index (κ2) is 11.5. The molecule has 3 heterocycles. The molecule has 1 aliphatic heterocycles. The van der Waals surface area contributed by atoms with Gasteiger partial charge in [-0.1, -0.05) is 42.2 Å². The molecule has 0 radical (unpaired) electrons. The van der Waals surface area contributed by atoms with Crippen molar-refractivity contribution in [3.63, 3.8) is 0 Å². The molecule has 3 aromatic rings. The number of hydrogen-bond donors (Lipinski definition) is 2. The molecule has 0 aliphatic carbocycles. The first-order valence-electron chi connectivity index (χ1n) is 10.8. The average molecular weight is 513 g/mol. The van der Waals surface area contributed by atoms with Gasteiger partial charge >= 0.3 is 0 Å². The summed E-state index contributed by atoms with van der Waals surface area (Å²) in [5.41, 5.74) is 1.32. The molecule has 0 spiro atoms. The summed E-state index contributed by atoms with van der Waals surface area (Å²) in [4.78, 5) is 32.9. The van der Waals surface area contributed by atoms with Gasteiger partial charge in [-0.25, -0.2) is 4.98 Å². The first kappa shape index (κ1) is 24.9. The molecular weight excluding hydrogens is 488 g/mol. The van der Waals surface area contributed by atoms with E-state index in [1.54, 1.807) is 37.6 Å². The van der Waals surface area contributed by atoms with E-state index >= 15 is 0 Å². The number of anilines is 1. The van der Waals surface area contributed by atoms with Gasteiger partial charge in [-0.05, 0) is 35.9 Å². The molecule has 4 rings (SSSR count). The Morgan fingerprint density at radius 1 is 1.17 bits per heavy atom. The maximum atomic E-state index is 13.3. The van der Waals surface area contributed by atoms with Crippen molar-refractivity contribution in [2.75, 3.05) is 38.8 Å². The van der Waals surface area contributed by atoms with Crippen molar-refractivity contribution in [2.24, 2.45) is 0 Å². The fraction of sp³-hybridized carbons (Fsp3) is 0.250. The molecule has 11 heteroatoms. The fourth-order valence-corrected chi connectivity index (χ4v) is 4.69. The molecule has 0 unspecified atom stereocenters. The van der Waals surface area contributed by atoms with Gasteiger partial charge in [0.1, 0.15) is 21.5 Å². The van der Waals surface area contributed by atoms with Gasteiger partial charge in [0.2, 0.25) is 0 Å². The number of amides is 1. The third-order valence-electron chi connectivity index (χ3n) is 5.19. The number of hydrogen-bond acceptors (Lipinski definition) is 9. The van der Waals surface area contributed by atoms with Crippen LogP contribution >= 0.6 is 24.0 Å². The fourth-order valence-electron chi connectivity index (χ4n) is 3.46. The lowest BCUT2D eigenvalue weighted by molar-refractivity contribution is -0.122. The van der Waals surface area contributed by atoms with E-state index in [0.717, 1.165) is 23.1 Å². The summed E-state index contributed by atoms with van der Waals surface area (Å²) >= 11 is 6.61. The molecule has 2 N–H and O–H groups in total. The second-order valence-electron chi connectivity index (χ2n) is 7.49. The molecule has 0 bridgehead atoms. The SMILES string of the molecule is COc1ccc(CN2C(=O)C(=Cc3c(NCCOCCO)nc4ccccn4c3=O)SC2=S)cc1. The van der Waals surface area contributed by atoms with Gasteiger partial charge < -0.3 is 19.9 Å². The average Bonchev–Trinajstić information content (AvgIpc) is 3.13. The van der Waals surface area contributed by atoms with E-state index in [0.29, 0.717) is 40.4 Å². The number of ether oxygens (including phenoxy) is 2. The van der Waals surface area contributed by atoms with Crippen molar-refractivity contribution in [1.82, 2.24) is 14.3 Å². The standard InChI is InChI=1S/C24H24N4O5S2/c1-32-17-7-5-16(6-8-17)15-28-23(31)19(35-24(28)34)14-18-21(25-9-12-33-13-11-29)26-20-4-2-3-10-27(20)22(18)30/h2-8,10,14,25,29H,9,11-13,15H2,1H3. The number of pyridine rings is 1. The monoisotopic (exact) mass is 512 g/mol. The Labute approximate surface area is 211 Å². The second-order valence-corrected chi connectivity index (χ2v) is 9.16. The van der Waals surface area contributed by atoms with E-state index in [2.05, 4.69) is 10.3 Å². The Hall–Kier alpha value is -3.25. The van der Waals surface area contributed by atoms with E-state index in [1.165, 1.54) is 9.30 Å². The number of aliphatic hydroxyl groups is 1. The van der Waals surface area contributed by atoms with Crippen LogP contribution in [-0.4, -0.2) is 63.1 Å². The Balaban J connectivity index is 1.62. The van der Waals surface area contributed by atoms with Crippen LogP contribution in [0.25, 0.3) is 11.7 Å². The van der Waals surface area contributed by atoms with Gasteiger partial charge in [0.25, 0.3) is 11.5 Å². The van der Waals surface area contributed by atoms with Crippen molar-refractivity contribution >= 4 is 51.7 Å². The Morgan fingerprint density at radius 3 is 2.71 bits per heavy atom. The molecule has 1 aromatic carbocycles. The number of aliphatic hydroxyl groups excluding tert-OH is 1. The molecule has 1 aliphatic rings. The maximum absolute atomic E-state index is 13.3. The third kappa shape index (κ3) is 5.70. The lowest BCUT2D eigenvalue weighted by Crippen LogP contribution is -2.27. The minimum absolute atomic E-state index is 0.0702. The highest BCUT2D eigenvalue weighted by molar-refractivity contribution is 8.26. The molecule has 182 valence electrons. The number of aromatic nitrogens is 2. The molecule has 1 fully saturated rings. The lowest BCUT2D eigenvalue weighted by atomic mass is 10.2. The summed E-state index contributed by atoms with van der Waals surface area (Å²) in [5.74, 6) is 0.796. The van der Waals surface area contributed by atoms with Crippen LogP contribution < -0.4 is 15.6 Å². The van der Waals surface area contributed by atoms with Crippen LogP contribution in [0.3, 0.4) is 0 Å². The molecule has 1 amide bonds. The molecule has 2 aromatic heterocycles. The number of thioether (sulfide) groups is 1. The quantitative estimate of drug-likeness (QED) is 0.241. The van der Waals surface area contributed by atoms with Gasteiger partial charge in [-0.2, -0.15) is 0 Å². The highest BCUT2D eigenvalue weighted by Gasteiger charge is 2.32. The van der Waals surface area contributed by atoms with Crippen molar-refractivity contribution in [3.05, 3.63) is 75.0 Å². The van der Waals surface area contributed by atoms with E-state index in [9.17, 15) is 9.59 Å². The number of nitrogens with one attached hydrogen (secondary N) is 1. The van der Waals surface area contributed by atoms with Crippen LogP contribution in [0.15, 0.2) is 58.4 Å². The molecule has 0 saturated carbocycles. The lowest BCUT2D eigenvalue weighted by Gasteiger charge is -2.14. The van der Waals surface area contributed by atoms with E-state index in [1.807, 2.05) is 24.3 Å². The normalized spacial score (nSPS) is 14.8. The number of carbonyl (C=O) groups is 1.